The smallest absolute Gasteiger partial charge is 0.121 e. The van der Waals surface area contributed by atoms with Gasteiger partial charge in [0, 0.05) is 11.8 Å². The van der Waals surface area contributed by atoms with Crippen LogP contribution in [0.15, 0.2) is 36.4 Å². The Hall–Kier alpha value is -2.16. The van der Waals surface area contributed by atoms with Crippen molar-refractivity contribution in [2.24, 2.45) is 0 Å². The fourth-order valence-corrected chi connectivity index (χ4v) is 1.75. The topological polar surface area (TPSA) is 47.3 Å². The van der Waals surface area contributed by atoms with Gasteiger partial charge in [0.15, 0.2) is 0 Å². The maximum absolute atomic E-state index is 5.94. The van der Waals surface area contributed by atoms with Crippen molar-refractivity contribution < 1.29 is 4.74 Å². The summed E-state index contributed by atoms with van der Waals surface area (Å²) in [4.78, 5) is 0. The number of ether oxygens (including phenoxy) is 1. The number of nitrogens with one attached hydrogen (secondary N) is 1. The van der Waals surface area contributed by atoms with E-state index in [2.05, 4.69) is 31.3 Å². The molecule has 2 aromatic rings. The average Bonchev–Trinajstić information content (AvgIpc) is 2.36. The van der Waals surface area contributed by atoms with Gasteiger partial charge in [0.25, 0.3) is 0 Å². The molecule has 0 saturated carbocycles. The third-order valence-electron chi connectivity index (χ3n) is 3.05. The molecule has 0 aliphatic rings. The number of benzene rings is 2. The molecule has 0 atom stereocenters. The van der Waals surface area contributed by atoms with E-state index in [0.29, 0.717) is 5.69 Å². The minimum absolute atomic E-state index is 0.703. The first-order valence-corrected chi connectivity index (χ1v) is 5.88. The lowest BCUT2D eigenvalue weighted by atomic mass is 10.1. The van der Waals surface area contributed by atoms with E-state index < -0.39 is 0 Å². The van der Waals surface area contributed by atoms with Crippen LogP contribution in [0.2, 0.25) is 0 Å². The van der Waals surface area contributed by atoms with Crippen molar-refractivity contribution in [1.29, 1.82) is 0 Å². The summed E-state index contributed by atoms with van der Waals surface area (Å²) in [5.74, 6) is 0.788. The second-order valence-electron chi connectivity index (χ2n) is 4.38. The molecule has 0 fully saturated rings. The number of anilines is 3. The summed E-state index contributed by atoms with van der Waals surface area (Å²) in [5, 5.41) is 3.31. The van der Waals surface area contributed by atoms with E-state index in [1.165, 1.54) is 11.1 Å². The Balaban J connectivity index is 2.30. The van der Waals surface area contributed by atoms with Crippen molar-refractivity contribution >= 4 is 17.1 Å². The van der Waals surface area contributed by atoms with Crippen molar-refractivity contribution in [3.05, 3.63) is 47.5 Å². The number of aryl methyl sites for hydroxylation is 2. The van der Waals surface area contributed by atoms with Gasteiger partial charge in [-0.05, 0) is 49.2 Å². The monoisotopic (exact) mass is 242 g/mol. The van der Waals surface area contributed by atoms with Crippen LogP contribution in [-0.2, 0) is 0 Å². The number of rotatable bonds is 3. The summed E-state index contributed by atoms with van der Waals surface area (Å²) in [6.07, 6.45) is 0. The zero-order chi connectivity index (χ0) is 13.1. The molecule has 3 N–H and O–H groups in total. The molecule has 2 aromatic carbocycles. The molecule has 3 nitrogen and oxygen atoms in total. The molecule has 0 aliphatic carbocycles. The Morgan fingerprint density at radius 1 is 1.00 bits per heavy atom. The van der Waals surface area contributed by atoms with Crippen LogP contribution in [-0.4, -0.2) is 7.11 Å². The maximum Gasteiger partial charge on any atom is 0.121 e. The summed E-state index contributed by atoms with van der Waals surface area (Å²) in [6, 6.07) is 11.8. The minimum atomic E-state index is 0.703. The largest absolute Gasteiger partial charge is 0.497 e. The lowest BCUT2D eigenvalue weighted by Gasteiger charge is -2.12. The quantitative estimate of drug-likeness (QED) is 0.808. The first-order chi connectivity index (χ1) is 8.60. The molecule has 0 bridgehead atoms. The normalized spacial score (nSPS) is 10.2. The van der Waals surface area contributed by atoms with Crippen molar-refractivity contribution in [2.75, 3.05) is 18.2 Å². The van der Waals surface area contributed by atoms with Crippen LogP contribution in [0.5, 0.6) is 5.75 Å². The predicted molar refractivity (Wildman–Crippen MR) is 76.6 cm³/mol. The van der Waals surface area contributed by atoms with Gasteiger partial charge < -0.3 is 15.8 Å². The van der Waals surface area contributed by atoms with E-state index in [1.54, 1.807) is 7.11 Å². The Morgan fingerprint density at radius 3 is 2.44 bits per heavy atom. The lowest BCUT2D eigenvalue weighted by Crippen LogP contribution is -1.97. The Morgan fingerprint density at radius 2 is 1.78 bits per heavy atom. The Kier molecular flexibility index (Phi) is 3.42. The number of methoxy groups -OCH3 is 1. The molecular formula is C15H18N2O. The van der Waals surface area contributed by atoms with Crippen LogP contribution in [0.4, 0.5) is 17.1 Å². The molecule has 0 heterocycles. The van der Waals surface area contributed by atoms with Crippen LogP contribution < -0.4 is 15.8 Å². The van der Waals surface area contributed by atoms with Crippen LogP contribution in [0.3, 0.4) is 0 Å². The van der Waals surface area contributed by atoms with Crippen molar-refractivity contribution in [3.8, 4) is 5.75 Å². The van der Waals surface area contributed by atoms with Gasteiger partial charge in [-0.1, -0.05) is 6.07 Å². The molecule has 0 unspecified atom stereocenters. The molecule has 0 saturated heterocycles. The molecule has 18 heavy (non-hydrogen) atoms. The molecular weight excluding hydrogens is 224 g/mol. The highest BCUT2D eigenvalue weighted by Crippen LogP contribution is 2.28. The zero-order valence-corrected chi connectivity index (χ0v) is 10.9. The SMILES string of the molecule is COc1ccc(N)c(Nc2ccc(C)c(C)c2)c1. The van der Waals surface area contributed by atoms with E-state index in [9.17, 15) is 0 Å². The summed E-state index contributed by atoms with van der Waals surface area (Å²) in [6.45, 7) is 4.19. The highest BCUT2D eigenvalue weighted by Gasteiger charge is 2.03. The second-order valence-corrected chi connectivity index (χ2v) is 4.38. The highest BCUT2D eigenvalue weighted by molar-refractivity contribution is 5.74. The first-order valence-electron chi connectivity index (χ1n) is 5.88. The van der Waals surface area contributed by atoms with Crippen LogP contribution in [0, 0.1) is 13.8 Å². The summed E-state index contributed by atoms with van der Waals surface area (Å²) in [5.41, 5.74) is 11.1. The molecule has 0 amide bonds. The highest BCUT2D eigenvalue weighted by atomic mass is 16.5. The molecule has 0 aliphatic heterocycles. The van der Waals surface area contributed by atoms with E-state index in [0.717, 1.165) is 17.1 Å². The van der Waals surface area contributed by atoms with E-state index in [4.69, 9.17) is 10.5 Å². The van der Waals surface area contributed by atoms with E-state index in [-0.39, 0.29) is 0 Å². The number of hydrogen-bond donors (Lipinski definition) is 2. The third-order valence-corrected chi connectivity index (χ3v) is 3.05. The lowest BCUT2D eigenvalue weighted by molar-refractivity contribution is 0.415. The fraction of sp³-hybridized carbons (Fsp3) is 0.200. The maximum atomic E-state index is 5.94. The summed E-state index contributed by atoms with van der Waals surface area (Å²) < 4.78 is 5.19. The van der Waals surface area contributed by atoms with Gasteiger partial charge in [-0.15, -0.1) is 0 Å². The summed E-state index contributed by atoms with van der Waals surface area (Å²) >= 11 is 0. The van der Waals surface area contributed by atoms with Crippen molar-refractivity contribution in [2.45, 2.75) is 13.8 Å². The second kappa shape index (κ2) is 5.00. The van der Waals surface area contributed by atoms with Crippen LogP contribution in [0.1, 0.15) is 11.1 Å². The molecule has 0 radical (unpaired) electrons. The van der Waals surface area contributed by atoms with Gasteiger partial charge in [0.2, 0.25) is 0 Å². The van der Waals surface area contributed by atoms with Crippen molar-refractivity contribution in [1.82, 2.24) is 0 Å². The van der Waals surface area contributed by atoms with Crippen LogP contribution >= 0.6 is 0 Å². The summed E-state index contributed by atoms with van der Waals surface area (Å²) in [7, 11) is 1.64. The number of nitrogen functional groups attached to an aromatic ring is 1. The van der Waals surface area contributed by atoms with Gasteiger partial charge in [-0.3, -0.25) is 0 Å². The standard InChI is InChI=1S/C15H18N2O/c1-10-4-5-12(8-11(10)2)17-15-9-13(18-3)6-7-14(15)16/h4-9,17H,16H2,1-3H3. The molecule has 2 rings (SSSR count). The third kappa shape index (κ3) is 2.56. The molecule has 0 spiro atoms. The van der Waals surface area contributed by atoms with Gasteiger partial charge in [0.05, 0.1) is 18.5 Å². The molecule has 3 heteroatoms. The van der Waals surface area contributed by atoms with E-state index in [1.807, 2.05) is 24.3 Å². The molecule has 0 aromatic heterocycles. The Labute approximate surface area is 108 Å². The van der Waals surface area contributed by atoms with Crippen LogP contribution in [0.25, 0.3) is 0 Å². The molecule has 94 valence electrons. The van der Waals surface area contributed by atoms with Crippen molar-refractivity contribution in [3.63, 3.8) is 0 Å². The van der Waals surface area contributed by atoms with E-state index >= 15 is 0 Å². The van der Waals surface area contributed by atoms with Gasteiger partial charge in [-0.2, -0.15) is 0 Å². The average molecular weight is 242 g/mol. The van der Waals surface area contributed by atoms with Gasteiger partial charge >= 0.3 is 0 Å². The zero-order valence-electron chi connectivity index (χ0n) is 10.9. The fourth-order valence-electron chi connectivity index (χ4n) is 1.75. The first kappa shape index (κ1) is 12.3. The Bertz CT molecular complexity index is 564. The predicted octanol–water partition coefficient (Wildman–Crippen LogP) is 3.64. The number of hydrogen-bond acceptors (Lipinski definition) is 3. The minimum Gasteiger partial charge on any atom is -0.497 e. The van der Waals surface area contributed by atoms with Gasteiger partial charge in [0.1, 0.15) is 5.75 Å². The number of nitrogens with two attached hydrogens (primary N) is 1. The van der Waals surface area contributed by atoms with Gasteiger partial charge in [-0.25, -0.2) is 0 Å².